The van der Waals surface area contributed by atoms with Crippen molar-refractivity contribution in [2.45, 2.75) is 0 Å². The summed E-state index contributed by atoms with van der Waals surface area (Å²) in [5, 5.41) is 15.9. The van der Waals surface area contributed by atoms with E-state index in [0.717, 1.165) is 10.6 Å². The van der Waals surface area contributed by atoms with E-state index in [2.05, 4.69) is 11.7 Å². The van der Waals surface area contributed by atoms with Crippen LogP contribution in [0, 0.1) is 11.3 Å². The van der Waals surface area contributed by atoms with E-state index < -0.39 is 5.97 Å². The van der Waals surface area contributed by atoms with Gasteiger partial charge < -0.3 is 4.74 Å². The van der Waals surface area contributed by atoms with Gasteiger partial charge in [0.25, 0.3) is 0 Å². The number of rotatable bonds is 6. The fraction of sp³-hybridized carbons (Fsp3) is 0.0500. The summed E-state index contributed by atoms with van der Waals surface area (Å²) in [4.78, 5) is 13.0. The van der Waals surface area contributed by atoms with Crippen LogP contribution in [0.15, 0.2) is 72.3 Å². The molecule has 26 heavy (non-hydrogen) atoms. The fourth-order valence-electron chi connectivity index (χ4n) is 2.32. The van der Waals surface area contributed by atoms with Crippen LogP contribution in [-0.4, -0.2) is 22.4 Å². The van der Waals surface area contributed by atoms with E-state index in [-0.39, 0.29) is 12.2 Å². The van der Waals surface area contributed by atoms with Crippen molar-refractivity contribution in [3.05, 3.63) is 77.8 Å². The number of hydrogen-bond donors (Lipinski definition) is 0. The molecule has 0 saturated carbocycles. The van der Waals surface area contributed by atoms with Gasteiger partial charge in [-0.05, 0) is 29.7 Å². The molecule has 6 heteroatoms. The minimum Gasteiger partial charge on any atom is -0.457 e. The van der Waals surface area contributed by atoms with Crippen LogP contribution in [0.3, 0.4) is 0 Å². The van der Waals surface area contributed by atoms with E-state index in [9.17, 15) is 10.1 Å². The normalized spacial score (nSPS) is 11.0. The minimum atomic E-state index is -0.683. The first-order chi connectivity index (χ1) is 12.7. The van der Waals surface area contributed by atoms with E-state index in [1.165, 1.54) is 23.5 Å². The Morgan fingerprint density at radius 1 is 1.31 bits per heavy atom. The van der Waals surface area contributed by atoms with Crippen LogP contribution in [0.1, 0.15) is 5.56 Å². The fourth-order valence-corrected chi connectivity index (χ4v) is 3.05. The third kappa shape index (κ3) is 3.79. The highest BCUT2D eigenvalue weighted by molar-refractivity contribution is 7.13. The molecule has 0 aliphatic heterocycles. The molecule has 1 aromatic carbocycles. The number of nitriles is 1. The maximum Gasteiger partial charge on any atom is 0.349 e. The van der Waals surface area contributed by atoms with Gasteiger partial charge in [0, 0.05) is 11.8 Å². The van der Waals surface area contributed by atoms with Gasteiger partial charge in [-0.3, -0.25) is 0 Å². The van der Waals surface area contributed by atoms with E-state index in [1.54, 1.807) is 10.9 Å². The molecular formula is C20H15N3O2S. The van der Waals surface area contributed by atoms with Crippen LogP contribution in [0.25, 0.3) is 22.3 Å². The monoisotopic (exact) mass is 361 g/mol. The Bertz CT molecular complexity index is 980. The zero-order valence-corrected chi connectivity index (χ0v) is 14.6. The lowest BCUT2D eigenvalue weighted by molar-refractivity contribution is -0.137. The minimum absolute atomic E-state index is 0.0545. The number of hydrogen-bond acceptors (Lipinski definition) is 5. The molecule has 3 aromatic rings. The molecule has 0 fully saturated rings. The third-order valence-electron chi connectivity index (χ3n) is 3.49. The van der Waals surface area contributed by atoms with E-state index in [4.69, 9.17) is 4.74 Å². The molecule has 0 radical (unpaired) electrons. The second-order valence-corrected chi connectivity index (χ2v) is 6.20. The first kappa shape index (κ1) is 17.4. The van der Waals surface area contributed by atoms with Crippen LogP contribution in [0.2, 0.25) is 0 Å². The quantitative estimate of drug-likeness (QED) is 0.285. The highest BCUT2D eigenvalue weighted by atomic mass is 32.1. The second-order valence-electron chi connectivity index (χ2n) is 5.25. The average Bonchev–Trinajstić information content (AvgIpc) is 3.34. The molecule has 0 bridgehead atoms. The molecule has 128 valence electrons. The van der Waals surface area contributed by atoms with Gasteiger partial charge in [-0.25, -0.2) is 9.48 Å². The molecule has 0 aliphatic rings. The third-order valence-corrected chi connectivity index (χ3v) is 4.37. The van der Waals surface area contributed by atoms with Crippen molar-refractivity contribution >= 4 is 23.4 Å². The predicted octanol–water partition coefficient (Wildman–Crippen LogP) is 4.24. The summed E-state index contributed by atoms with van der Waals surface area (Å²) in [6.07, 6.45) is 4.76. The summed E-state index contributed by atoms with van der Waals surface area (Å²) >= 11 is 1.54. The van der Waals surface area contributed by atoms with Crippen LogP contribution < -0.4 is 0 Å². The Kier molecular flexibility index (Phi) is 5.42. The molecule has 2 aromatic heterocycles. The van der Waals surface area contributed by atoms with Crippen molar-refractivity contribution < 1.29 is 9.53 Å². The second kappa shape index (κ2) is 8.10. The van der Waals surface area contributed by atoms with Crippen molar-refractivity contribution in [2.75, 3.05) is 6.61 Å². The van der Waals surface area contributed by atoms with Gasteiger partial charge in [0.15, 0.2) is 0 Å². The van der Waals surface area contributed by atoms with Gasteiger partial charge in [0.2, 0.25) is 0 Å². The number of carbonyl (C=O) groups excluding carboxylic acids is 1. The predicted molar refractivity (Wildman–Crippen MR) is 102 cm³/mol. The molecule has 2 heterocycles. The highest BCUT2D eigenvalue weighted by Crippen LogP contribution is 2.29. The number of para-hydroxylation sites is 1. The lowest BCUT2D eigenvalue weighted by Gasteiger charge is -2.00. The molecule has 0 unspecified atom stereocenters. The number of carbonyl (C=O) groups is 1. The summed E-state index contributed by atoms with van der Waals surface area (Å²) in [7, 11) is 0. The molecule has 0 amide bonds. The largest absolute Gasteiger partial charge is 0.457 e. The number of thiophene rings is 1. The van der Waals surface area contributed by atoms with Gasteiger partial charge >= 0.3 is 5.97 Å². The zero-order chi connectivity index (χ0) is 18.4. The number of esters is 1. The molecule has 0 aliphatic carbocycles. The summed E-state index contributed by atoms with van der Waals surface area (Å²) in [5.74, 6) is -0.683. The van der Waals surface area contributed by atoms with Crippen molar-refractivity contribution in [3.63, 3.8) is 0 Å². The van der Waals surface area contributed by atoms with Crippen LogP contribution in [-0.2, 0) is 9.53 Å². The van der Waals surface area contributed by atoms with Crippen molar-refractivity contribution in [1.82, 2.24) is 9.78 Å². The molecule has 0 N–H and O–H groups in total. The molecule has 0 atom stereocenters. The van der Waals surface area contributed by atoms with Crippen molar-refractivity contribution in [3.8, 4) is 22.3 Å². The summed E-state index contributed by atoms with van der Waals surface area (Å²) in [5.41, 5.74) is 2.17. The van der Waals surface area contributed by atoms with E-state index >= 15 is 0 Å². The molecule has 5 nitrogen and oxygen atoms in total. The summed E-state index contributed by atoms with van der Waals surface area (Å²) < 4.78 is 6.69. The summed E-state index contributed by atoms with van der Waals surface area (Å²) in [6, 6.07) is 15.4. The number of aromatic nitrogens is 2. The molecular weight excluding hydrogens is 346 g/mol. The molecule has 0 spiro atoms. The molecule has 0 saturated heterocycles. The van der Waals surface area contributed by atoms with Crippen LogP contribution in [0.4, 0.5) is 0 Å². The Morgan fingerprint density at radius 3 is 2.77 bits per heavy atom. The first-order valence-electron chi connectivity index (χ1n) is 7.81. The van der Waals surface area contributed by atoms with Crippen LogP contribution in [0.5, 0.6) is 0 Å². The Morgan fingerprint density at radius 2 is 2.12 bits per heavy atom. The van der Waals surface area contributed by atoms with Gasteiger partial charge in [0.1, 0.15) is 23.9 Å². The maximum absolute atomic E-state index is 12.0. The Labute approximate surface area is 155 Å². The molecule has 3 rings (SSSR count). The highest BCUT2D eigenvalue weighted by Gasteiger charge is 2.16. The number of nitrogens with zero attached hydrogens (tertiary/aromatic N) is 3. The smallest absolute Gasteiger partial charge is 0.349 e. The topological polar surface area (TPSA) is 67.9 Å². The van der Waals surface area contributed by atoms with Crippen LogP contribution >= 0.6 is 11.3 Å². The van der Waals surface area contributed by atoms with Crippen molar-refractivity contribution in [2.24, 2.45) is 0 Å². The number of ether oxygens (including phenoxy) is 1. The SMILES string of the molecule is C=CCOC(=O)C(C#N)=Cc1cn(-c2ccccc2)nc1-c1cccs1. The van der Waals surface area contributed by atoms with Gasteiger partial charge in [-0.2, -0.15) is 10.4 Å². The van der Waals surface area contributed by atoms with Gasteiger partial charge in [-0.1, -0.05) is 36.9 Å². The number of benzene rings is 1. The van der Waals surface area contributed by atoms with Crippen molar-refractivity contribution in [1.29, 1.82) is 5.26 Å². The Hall–Kier alpha value is -3.43. The lowest BCUT2D eigenvalue weighted by atomic mass is 10.1. The van der Waals surface area contributed by atoms with E-state index in [1.807, 2.05) is 53.9 Å². The Balaban J connectivity index is 2.06. The van der Waals surface area contributed by atoms with Gasteiger partial charge in [-0.15, -0.1) is 11.3 Å². The summed E-state index contributed by atoms with van der Waals surface area (Å²) in [6.45, 7) is 3.55. The average molecular weight is 361 g/mol. The maximum atomic E-state index is 12.0. The zero-order valence-electron chi connectivity index (χ0n) is 13.8. The van der Waals surface area contributed by atoms with Gasteiger partial charge in [0.05, 0.1) is 10.6 Å². The first-order valence-corrected chi connectivity index (χ1v) is 8.69. The van der Waals surface area contributed by atoms with E-state index in [0.29, 0.717) is 11.3 Å². The lowest BCUT2D eigenvalue weighted by Crippen LogP contribution is -2.06. The standard InChI is InChI=1S/C20H15N3O2S/c1-2-10-25-20(24)15(13-21)12-16-14-23(17-7-4-3-5-8-17)22-19(16)18-9-6-11-26-18/h2-9,11-12,14H,1,10H2.